The van der Waals surface area contributed by atoms with Gasteiger partial charge < -0.3 is 4.42 Å². The predicted octanol–water partition coefficient (Wildman–Crippen LogP) is 3.50. The molecule has 0 saturated carbocycles. The lowest BCUT2D eigenvalue weighted by molar-refractivity contribution is 0.441. The van der Waals surface area contributed by atoms with E-state index in [1.807, 2.05) is 26.0 Å². The first-order chi connectivity index (χ1) is 7.15. The van der Waals surface area contributed by atoms with E-state index in [2.05, 4.69) is 6.92 Å². The van der Waals surface area contributed by atoms with Gasteiger partial charge in [-0.2, -0.15) is 0 Å². The minimum Gasteiger partial charge on any atom is -0.428 e. The van der Waals surface area contributed by atoms with Crippen LogP contribution in [0.5, 0.6) is 0 Å². The maximum absolute atomic E-state index is 11.5. The average molecular weight is 208 g/mol. The normalized spacial score (nSPS) is 10.9. The first-order valence-corrected chi connectivity index (χ1v) is 5.78. The molecular formula is C13H20O2. The Kier molecular flexibility index (Phi) is 4.60. The molecule has 0 bridgehead atoms. The molecule has 84 valence electrons. The van der Waals surface area contributed by atoms with Crippen molar-refractivity contribution in [2.75, 3.05) is 0 Å². The fourth-order valence-electron chi connectivity index (χ4n) is 1.57. The molecule has 0 fully saturated rings. The lowest BCUT2D eigenvalue weighted by atomic mass is 10.1. The van der Waals surface area contributed by atoms with Gasteiger partial charge in [-0.25, -0.2) is 4.79 Å². The maximum atomic E-state index is 11.5. The van der Waals surface area contributed by atoms with Gasteiger partial charge >= 0.3 is 5.63 Å². The van der Waals surface area contributed by atoms with E-state index in [1.54, 1.807) is 0 Å². The summed E-state index contributed by atoms with van der Waals surface area (Å²) in [7, 11) is 0. The van der Waals surface area contributed by atoms with Crippen molar-refractivity contribution in [3.05, 3.63) is 33.9 Å². The molecule has 0 radical (unpaired) electrons. The quantitative estimate of drug-likeness (QED) is 0.693. The number of hydrogen-bond acceptors (Lipinski definition) is 2. The summed E-state index contributed by atoms with van der Waals surface area (Å²) >= 11 is 0. The molecule has 0 aliphatic carbocycles. The largest absolute Gasteiger partial charge is 0.428 e. The van der Waals surface area contributed by atoms with E-state index < -0.39 is 0 Å². The Bertz CT molecular complexity index is 350. The van der Waals surface area contributed by atoms with E-state index in [-0.39, 0.29) is 11.5 Å². The van der Waals surface area contributed by atoms with Crippen LogP contribution in [0.2, 0.25) is 0 Å². The minimum atomic E-state index is -0.168. The molecule has 0 unspecified atom stereocenters. The fraction of sp³-hybridized carbons (Fsp3) is 0.615. The Morgan fingerprint density at radius 3 is 2.53 bits per heavy atom. The molecule has 1 rings (SSSR count). The molecule has 0 N–H and O–H groups in total. The van der Waals surface area contributed by atoms with E-state index >= 15 is 0 Å². The number of hydrogen-bond donors (Lipinski definition) is 0. The molecule has 2 heteroatoms. The zero-order valence-corrected chi connectivity index (χ0v) is 9.88. The Morgan fingerprint density at radius 2 is 2.00 bits per heavy atom. The summed E-state index contributed by atoms with van der Waals surface area (Å²) in [6.45, 7) is 6.17. The summed E-state index contributed by atoms with van der Waals surface area (Å²) in [5.41, 5.74) is 0.605. The van der Waals surface area contributed by atoms with Gasteiger partial charge in [0, 0.05) is 12.0 Å². The van der Waals surface area contributed by atoms with Crippen molar-refractivity contribution in [2.45, 2.75) is 52.4 Å². The third kappa shape index (κ3) is 3.54. The second-order valence-electron chi connectivity index (χ2n) is 4.26. The molecule has 0 aromatic carbocycles. The SMILES string of the molecule is CCCCCc1ccc(C(C)C)c(=O)o1. The Hall–Kier alpha value is -1.05. The molecule has 1 aromatic rings. The van der Waals surface area contributed by atoms with Crippen molar-refractivity contribution < 1.29 is 4.42 Å². The van der Waals surface area contributed by atoms with Crippen molar-refractivity contribution in [2.24, 2.45) is 0 Å². The van der Waals surface area contributed by atoms with Crippen LogP contribution in [0.25, 0.3) is 0 Å². The van der Waals surface area contributed by atoms with Crippen molar-refractivity contribution >= 4 is 0 Å². The molecule has 2 nitrogen and oxygen atoms in total. The van der Waals surface area contributed by atoms with Crippen LogP contribution in [0.15, 0.2) is 21.3 Å². The zero-order chi connectivity index (χ0) is 11.3. The third-order valence-corrected chi connectivity index (χ3v) is 2.56. The molecule has 0 atom stereocenters. The van der Waals surface area contributed by atoms with Crippen molar-refractivity contribution in [1.29, 1.82) is 0 Å². The number of rotatable bonds is 5. The highest BCUT2D eigenvalue weighted by atomic mass is 16.4. The van der Waals surface area contributed by atoms with Crippen LogP contribution in [0, 0.1) is 0 Å². The highest BCUT2D eigenvalue weighted by Crippen LogP contribution is 2.11. The summed E-state index contributed by atoms with van der Waals surface area (Å²) < 4.78 is 5.26. The molecular weight excluding hydrogens is 188 g/mol. The summed E-state index contributed by atoms with van der Waals surface area (Å²) in [4.78, 5) is 11.5. The first kappa shape index (κ1) is 12.0. The third-order valence-electron chi connectivity index (χ3n) is 2.56. The Morgan fingerprint density at radius 1 is 1.27 bits per heavy atom. The van der Waals surface area contributed by atoms with Gasteiger partial charge in [0.15, 0.2) is 0 Å². The molecule has 0 saturated heterocycles. The van der Waals surface area contributed by atoms with Crippen LogP contribution in [0.3, 0.4) is 0 Å². The van der Waals surface area contributed by atoms with Gasteiger partial charge in [-0.05, 0) is 24.5 Å². The van der Waals surface area contributed by atoms with Crippen molar-refractivity contribution in [3.8, 4) is 0 Å². The van der Waals surface area contributed by atoms with E-state index in [4.69, 9.17) is 4.42 Å². The van der Waals surface area contributed by atoms with E-state index in [0.29, 0.717) is 0 Å². The minimum absolute atomic E-state index is 0.168. The monoisotopic (exact) mass is 208 g/mol. The highest BCUT2D eigenvalue weighted by molar-refractivity contribution is 5.14. The van der Waals surface area contributed by atoms with E-state index in [1.165, 1.54) is 12.8 Å². The van der Waals surface area contributed by atoms with Gasteiger partial charge in [-0.1, -0.05) is 33.6 Å². The van der Waals surface area contributed by atoms with Gasteiger partial charge in [0.25, 0.3) is 0 Å². The average Bonchev–Trinajstić information content (AvgIpc) is 2.17. The van der Waals surface area contributed by atoms with Gasteiger partial charge in [0.2, 0.25) is 0 Å². The van der Waals surface area contributed by atoms with Gasteiger partial charge in [-0.3, -0.25) is 0 Å². The molecule has 0 amide bonds. The highest BCUT2D eigenvalue weighted by Gasteiger charge is 2.06. The number of aryl methyl sites for hydroxylation is 1. The van der Waals surface area contributed by atoms with E-state index in [9.17, 15) is 4.79 Å². The van der Waals surface area contributed by atoms with Gasteiger partial charge in [0.05, 0.1) is 0 Å². The van der Waals surface area contributed by atoms with Crippen molar-refractivity contribution in [3.63, 3.8) is 0 Å². The standard InChI is InChI=1S/C13H20O2/c1-4-5-6-7-11-8-9-12(10(2)3)13(14)15-11/h8-10H,4-7H2,1-3H3. The predicted molar refractivity (Wildman–Crippen MR) is 62.3 cm³/mol. The summed E-state index contributed by atoms with van der Waals surface area (Å²) in [6, 6.07) is 3.84. The summed E-state index contributed by atoms with van der Waals surface area (Å²) in [5.74, 6) is 1.06. The van der Waals surface area contributed by atoms with Crippen LogP contribution in [-0.2, 0) is 6.42 Å². The smallest absolute Gasteiger partial charge is 0.339 e. The topological polar surface area (TPSA) is 30.2 Å². The molecule has 15 heavy (non-hydrogen) atoms. The van der Waals surface area contributed by atoms with Crippen molar-refractivity contribution in [1.82, 2.24) is 0 Å². The maximum Gasteiger partial charge on any atom is 0.339 e. The van der Waals surface area contributed by atoms with Crippen LogP contribution in [-0.4, -0.2) is 0 Å². The summed E-state index contributed by atoms with van der Waals surface area (Å²) in [5, 5.41) is 0. The Labute approximate surface area is 91.3 Å². The number of unbranched alkanes of at least 4 members (excludes halogenated alkanes) is 2. The van der Waals surface area contributed by atoms with Crippen LogP contribution in [0.1, 0.15) is 57.3 Å². The second kappa shape index (κ2) is 5.74. The second-order valence-corrected chi connectivity index (χ2v) is 4.26. The molecule has 0 spiro atoms. The van der Waals surface area contributed by atoms with Crippen LogP contribution >= 0.6 is 0 Å². The first-order valence-electron chi connectivity index (χ1n) is 5.78. The lowest BCUT2D eigenvalue weighted by Crippen LogP contribution is -2.09. The van der Waals surface area contributed by atoms with Crippen LogP contribution < -0.4 is 5.63 Å². The lowest BCUT2D eigenvalue weighted by Gasteiger charge is -2.04. The Balaban J connectivity index is 2.70. The van der Waals surface area contributed by atoms with Gasteiger partial charge in [0.1, 0.15) is 5.76 Å². The fourth-order valence-corrected chi connectivity index (χ4v) is 1.57. The summed E-state index contributed by atoms with van der Waals surface area (Å²) in [6.07, 6.45) is 4.35. The molecule has 0 aliphatic rings. The molecule has 1 aromatic heterocycles. The van der Waals surface area contributed by atoms with Gasteiger partial charge in [-0.15, -0.1) is 0 Å². The van der Waals surface area contributed by atoms with E-state index in [0.717, 1.165) is 24.2 Å². The zero-order valence-electron chi connectivity index (χ0n) is 9.88. The van der Waals surface area contributed by atoms with Crippen LogP contribution in [0.4, 0.5) is 0 Å². The molecule has 1 heterocycles. The molecule has 0 aliphatic heterocycles.